The van der Waals surface area contributed by atoms with Crippen LogP contribution in [0.2, 0.25) is 0 Å². The Morgan fingerprint density at radius 1 is 1.75 bits per heavy atom. The normalized spacial score (nSPS) is 18.6. The molecule has 1 rings (SSSR count). The summed E-state index contributed by atoms with van der Waals surface area (Å²) in [6.07, 6.45) is 1.92. The standard InChI is InChI=1S/C5H8N2S/c1-4-2-6-5(8)7-3-4/h2H,3H2,1H3,(H2,6,7,8). The summed E-state index contributed by atoms with van der Waals surface area (Å²) in [5.41, 5.74) is 1.28. The SMILES string of the molecule is CC1=CNC(=S)NC1. The molecule has 44 valence electrons. The van der Waals surface area contributed by atoms with Gasteiger partial charge in [0.1, 0.15) is 0 Å². The van der Waals surface area contributed by atoms with Gasteiger partial charge in [-0.15, -0.1) is 0 Å². The average Bonchev–Trinajstić information content (AvgIpc) is 1.77. The van der Waals surface area contributed by atoms with Crippen LogP contribution in [0.1, 0.15) is 6.92 Å². The maximum absolute atomic E-state index is 4.79. The fraction of sp³-hybridized carbons (Fsp3) is 0.400. The van der Waals surface area contributed by atoms with Crippen molar-refractivity contribution in [3.63, 3.8) is 0 Å². The molecule has 0 radical (unpaired) electrons. The molecular formula is C5H8N2S. The van der Waals surface area contributed by atoms with Crippen LogP contribution in [0.5, 0.6) is 0 Å². The second-order valence-corrected chi connectivity index (χ2v) is 2.23. The Bertz CT molecular complexity index is 139. The molecule has 0 spiro atoms. The second-order valence-electron chi connectivity index (χ2n) is 1.82. The fourth-order valence-corrected chi connectivity index (χ4v) is 0.642. The van der Waals surface area contributed by atoms with Crippen LogP contribution in [0, 0.1) is 0 Å². The van der Waals surface area contributed by atoms with Crippen molar-refractivity contribution in [2.24, 2.45) is 0 Å². The van der Waals surface area contributed by atoms with Crippen molar-refractivity contribution in [2.75, 3.05) is 6.54 Å². The molecule has 3 heteroatoms. The Labute approximate surface area is 54.0 Å². The number of hydrogen-bond donors (Lipinski definition) is 2. The smallest absolute Gasteiger partial charge is 0.170 e. The van der Waals surface area contributed by atoms with E-state index in [1.807, 2.05) is 13.1 Å². The number of hydrogen-bond acceptors (Lipinski definition) is 1. The van der Waals surface area contributed by atoms with E-state index >= 15 is 0 Å². The molecule has 0 atom stereocenters. The number of thiocarbonyl (C=S) groups is 1. The first-order chi connectivity index (χ1) is 3.79. The van der Waals surface area contributed by atoms with E-state index in [0.717, 1.165) is 11.7 Å². The number of nitrogens with one attached hydrogen (secondary N) is 2. The molecule has 8 heavy (non-hydrogen) atoms. The molecule has 0 fully saturated rings. The molecular weight excluding hydrogens is 120 g/mol. The first-order valence-corrected chi connectivity index (χ1v) is 2.90. The van der Waals surface area contributed by atoms with Gasteiger partial charge in [-0.25, -0.2) is 0 Å². The molecule has 1 heterocycles. The highest BCUT2D eigenvalue weighted by Crippen LogP contribution is 1.90. The fourth-order valence-electron chi connectivity index (χ4n) is 0.511. The lowest BCUT2D eigenvalue weighted by Crippen LogP contribution is -2.37. The average molecular weight is 128 g/mol. The summed E-state index contributed by atoms with van der Waals surface area (Å²) < 4.78 is 0. The van der Waals surface area contributed by atoms with Gasteiger partial charge < -0.3 is 10.6 Å². The van der Waals surface area contributed by atoms with E-state index in [4.69, 9.17) is 12.2 Å². The van der Waals surface area contributed by atoms with Crippen molar-refractivity contribution in [3.05, 3.63) is 11.8 Å². The monoisotopic (exact) mass is 128 g/mol. The minimum Gasteiger partial charge on any atom is -0.359 e. The molecule has 0 saturated heterocycles. The maximum atomic E-state index is 4.79. The molecule has 1 aliphatic rings. The van der Waals surface area contributed by atoms with Gasteiger partial charge in [-0.2, -0.15) is 0 Å². The minimum atomic E-state index is 0.718. The zero-order valence-corrected chi connectivity index (χ0v) is 5.51. The highest BCUT2D eigenvalue weighted by molar-refractivity contribution is 7.80. The van der Waals surface area contributed by atoms with Gasteiger partial charge in [0.05, 0.1) is 0 Å². The molecule has 0 bridgehead atoms. The van der Waals surface area contributed by atoms with Crippen LogP contribution in [-0.2, 0) is 0 Å². The lowest BCUT2D eigenvalue weighted by Gasteiger charge is -2.13. The van der Waals surface area contributed by atoms with E-state index in [1.54, 1.807) is 0 Å². The van der Waals surface area contributed by atoms with Crippen LogP contribution in [-0.4, -0.2) is 11.7 Å². The van der Waals surface area contributed by atoms with E-state index in [0.29, 0.717) is 0 Å². The molecule has 0 aromatic rings. The lowest BCUT2D eigenvalue weighted by atomic mass is 10.3. The molecule has 0 saturated carbocycles. The Morgan fingerprint density at radius 2 is 2.50 bits per heavy atom. The molecule has 2 N–H and O–H groups in total. The van der Waals surface area contributed by atoms with Crippen LogP contribution in [0.25, 0.3) is 0 Å². The van der Waals surface area contributed by atoms with Gasteiger partial charge >= 0.3 is 0 Å². The summed E-state index contributed by atoms with van der Waals surface area (Å²) >= 11 is 4.79. The van der Waals surface area contributed by atoms with Crippen LogP contribution < -0.4 is 10.6 Å². The summed E-state index contributed by atoms with van der Waals surface area (Å²) in [6.45, 7) is 2.92. The van der Waals surface area contributed by atoms with Crippen LogP contribution >= 0.6 is 12.2 Å². The zero-order valence-electron chi connectivity index (χ0n) is 4.69. The summed E-state index contributed by atoms with van der Waals surface area (Å²) in [4.78, 5) is 0. The minimum absolute atomic E-state index is 0.718. The van der Waals surface area contributed by atoms with Crippen molar-refractivity contribution in [1.29, 1.82) is 0 Å². The van der Waals surface area contributed by atoms with Crippen LogP contribution in [0.4, 0.5) is 0 Å². The van der Waals surface area contributed by atoms with E-state index in [1.165, 1.54) is 5.57 Å². The third-order valence-electron chi connectivity index (χ3n) is 0.977. The van der Waals surface area contributed by atoms with Crippen LogP contribution in [0.3, 0.4) is 0 Å². The van der Waals surface area contributed by atoms with Gasteiger partial charge in [-0.05, 0) is 24.7 Å². The van der Waals surface area contributed by atoms with Crippen molar-refractivity contribution >= 4 is 17.3 Å². The van der Waals surface area contributed by atoms with E-state index in [2.05, 4.69) is 10.6 Å². The zero-order chi connectivity index (χ0) is 5.98. The highest BCUT2D eigenvalue weighted by atomic mass is 32.1. The van der Waals surface area contributed by atoms with E-state index in [-0.39, 0.29) is 0 Å². The summed E-state index contributed by atoms with van der Waals surface area (Å²) in [7, 11) is 0. The number of rotatable bonds is 0. The molecule has 0 aliphatic carbocycles. The van der Waals surface area contributed by atoms with E-state index < -0.39 is 0 Å². The molecule has 0 amide bonds. The predicted octanol–water partition coefficient (Wildman–Crippen LogP) is 0.368. The van der Waals surface area contributed by atoms with Gasteiger partial charge in [-0.1, -0.05) is 0 Å². The second kappa shape index (κ2) is 2.13. The quantitative estimate of drug-likeness (QED) is 0.461. The van der Waals surface area contributed by atoms with Gasteiger partial charge in [0.15, 0.2) is 5.11 Å². The molecule has 2 nitrogen and oxygen atoms in total. The molecule has 0 unspecified atom stereocenters. The van der Waals surface area contributed by atoms with Crippen LogP contribution in [0.15, 0.2) is 11.8 Å². The largest absolute Gasteiger partial charge is 0.359 e. The Morgan fingerprint density at radius 3 is 2.88 bits per heavy atom. The van der Waals surface area contributed by atoms with E-state index in [9.17, 15) is 0 Å². The van der Waals surface area contributed by atoms with Gasteiger partial charge in [0, 0.05) is 12.7 Å². The molecule has 0 aromatic carbocycles. The third kappa shape index (κ3) is 1.20. The molecule has 1 aliphatic heterocycles. The topological polar surface area (TPSA) is 24.1 Å². The summed E-state index contributed by atoms with van der Waals surface area (Å²) in [6, 6.07) is 0. The highest BCUT2D eigenvalue weighted by Gasteiger charge is 1.98. The summed E-state index contributed by atoms with van der Waals surface area (Å²) in [5.74, 6) is 0. The Hall–Kier alpha value is -0.570. The van der Waals surface area contributed by atoms with Gasteiger partial charge in [-0.3, -0.25) is 0 Å². The summed E-state index contributed by atoms with van der Waals surface area (Å²) in [5, 5.41) is 6.59. The maximum Gasteiger partial charge on any atom is 0.170 e. The van der Waals surface area contributed by atoms with Gasteiger partial charge in [0.2, 0.25) is 0 Å². The lowest BCUT2D eigenvalue weighted by molar-refractivity contribution is 0.910. The first-order valence-electron chi connectivity index (χ1n) is 2.49. The molecule has 0 aromatic heterocycles. The first kappa shape index (κ1) is 5.56. The third-order valence-corrected chi connectivity index (χ3v) is 1.24. The van der Waals surface area contributed by atoms with Crippen molar-refractivity contribution in [1.82, 2.24) is 10.6 Å². The van der Waals surface area contributed by atoms with Crippen molar-refractivity contribution in [2.45, 2.75) is 6.92 Å². The Kier molecular flexibility index (Phi) is 1.48. The Balaban J connectivity index is 2.55. The van der Waals surface area contributed by atoms with Crippen molar-refractivity contribution in [3.8, 4) is 0 Å². The van der Waals surface area contributed by atoms with Gasteiger partial charge in [0.25, 0.3) is 0 Å². The predicted molar refractivity (Wildman–Crippen MR) is 37.5 cm³/mol. The van der Waals surface area contributed by atoms with Crippen molar-refractivity contribution < 1.29 is 0 Å².